The number of rotatable bonds is 3. The quantitative estimate of drug-likeness (QED) is 0.851. The second-order valence-corrected chi connectivity index (χ2v) is 6.47. The van der Waals surface area contributed by atoms with Gasteiger partial charge in [0.1, 0.15) is 6.10 Å². The Bertz CT molecular complexity index is 767. The van der Waals surface area contributed by atoms with E-state index < -0.39 is 6.09 Å². The molecule has 0 radical (unpaired) electrons. The number of cyclic esters (lactones) is 1. The van der Waals surface area contributed by atoms with Crippen molar-refractivity contribution in [3.05, 3.63) is 22.2 Å². The summed E-state index contributed by atoms with van der Waals surface area (Å²) in [6, 6.07) is 5.65. The molecule has 0 saturated carbocycles. The Hall–Kier alpha value is -1.93. The summed E-state index contributed by atoms with van der Waals surface area (Å²) in [6.07, 6.45) is -0.731. The minimum absolute atomic E-state index is 0.141. The minimum atomic E-state index is -0.399. The fraction of sp³-hybridized carbons (Fsp3) is 0.308. The molecule has 0 bridgehead atoms. The lowest BCUT2D eigenvalue weighted by atomic mass is 10.2. The summed E-state index contributed by atoms with van der Waals surface area (Å²) < 4.78 is 6.94. The van der Waals surface area contributed by atoms with Crippen molar-refractivity contribution < 1.29 is 14.3 Å². The molecule has 1 aromatic carbocycles. The highest BCUT2D eigenvalue weighted by Gasteiger charge is 2.32. The van der Waals surface area contributed by atoms with Gasteiger partial charge in [-0.15, -0.1) is 11.3 Å². The molecule has 1 aromatic heterocycles. The number of nitrogens with zero attached hydrogens (tertiary/aromatic N) is 1. The Labute approximate surface area is 129 Å². The van der Waals surface area contributed by atoms with Crippen molar-refractivity contribution in [2.75, 3.05) is 18.0 Å². The molecule has 1 saturated heterocycles. The highest BCUT2D eigenvalue weighted by molar-refractivity contribution is 7.73. The molecular formula is C13H13N3O3S2. The summed E-state index contributed by atoms with van der Waals surface area (Å²) in [5.74, 6) is -0.141. The van der Waals surface area contributed by atoms with E-state index in [9.17, 15) is 9.59 Å². The molecule has 8 heteroatoms. The molecule has 1 atom stereocenters. The Balaban J connectivity index is 1.80. The van der Waals surface area contributed by atoms with Crippen molar-refractivity contribution in [1.29, 1.82) is 0 Å². The maximum absolute atomic E-state index is 11.9. The van der Waals surface area contributed by atoms with Gasteiger partial charge in [-0.25, -0.2) is 4.79 Å². The van der Waals surface area contributed by atoms with Crippen LogP contribution >= 0.6 is 23.6 Å². The maximum atomic E-state index is 11.9. The third-order valence-corrected chi connectivity index (χ3v) is 4.37. The molecular weight excluding hydrogens is 310 g/mol. The number of anilines is 1. The van der Waals surface area contributed by atoms with Gasteiger partial charge < -0.3 is 15.0 Å². The van der Waals surface area contributed by atoms with Crippen LogP contribution in [0.1, 0.15) is 6.92 Å². The smallest absolute Gasteiger partial charge is 0.414 e. The molecule has 2 amide bonds. The van der Waals surface area contributed by atoms with Gasteiger partial charge in [0.05, 0.1) is 23.3 Å². The average Bonchev–Trinajstić information content (AvgIpc) is 2.97. The number of amides is 2. The molecule has 1 aliphatic heterocycles. The molecule has 0 unspecified atom stereocenters. The van der Waals surface area contributed by atoms with Gasteiger partial charge in [-0.05, 0) is 30.4 Å². The van der Waals surface area contributed by atoms with Crippen LogP contribution in [0.3, 0.4) is 0 Å². The Morgan fingerprint density at radius 2 is 2.43 bits per heavy atom. The fourth-order valence-electron chi connectivity index (χ4n) is 2.20. The number of hydrogen-bond donors (Lipinski definition) is 2. The number of H-pyrrole nitrogens is 1. The second-order valence-electron chi connectivity index (χ2n) is 4.75. The number of fused-ring (bicyclic) bond motifs is 1. The highest BCUT2D eigenvalue weighted by Crippen LogP contribution is 2.28. The van der Waals surface area contributed by atoms with Gasteiger partial charge in [0, 0.05) is 12.6 Å². The van der Waals surface area contributed by atoms with E-state index >= 15 is 0 Å². The number of thiazole rings is 1. The van der Waals surface area contributed by atoms with Crippen molar-refractivity contribution in [1.82, 2.24) is 10.3 Å². The van der Waals surface area contributed by atoms with Crippen LogP contribution in [-0.2, 0) is 9.53 Å². The molecule has 0 spiro atoms. The number of hydrogen-bond acceptors (Lipinski definition) is 5. The summed E-state index contributed by atoms with van der Waals surface area (Å²) in [7, 11) is 0. The van der Waals surface area contributed by atoms with Gasteiger partial charge in [-0.1, -0.05) is 0 Å². The molecule has 110 valence electrons. The van der Waals surface area contributed by atoms with E-state index in [1.807, 2.05) is 18.2 Å². The normalized spacial score (nSPS) is 18.0. The summed E-state index contributed by atoms with van der Waals surface area (Å²) in [5.41, 5.74) is 1.72. The number of nitrogens with one attached hydrogen (secondary N) is 2. The van der Waals surface area contributed by atoms with Crippen molar-refractivity contribution in [3.63, 3.8) is 0 Å². The fourth-order valence-corrected chi connectivity index (χ4v) is 3.35. The number of carbonyl (C=O) groups excluding carboxylic acids is 2. The number of ether oxygens (including phenoxy) is 1. The molecule has 3 rings (SSSR count). The van der Waals surface area contributed by atoms with E-state index in [-0.39, 0.29) is 12.0 Å². The molecule has 2 N–H and O–H groups in total. The van der Waals surface area contributed by atoms with E-state index in [2.05, 4.69) is 10.3 Å². The van der Waals surface area contributed by atoms with Crippen molar-refractivity contribution in [2.24, 2.45) is 0 Å². The van der Waals surface area contributed by atoms with Crippen LogP contribution in [0.2, 0.25) is 0 Å². The lowest BCUT2D eigenvalue weighted by Crippen LogP contribution is -2.33. The van der Waals surface area contributed by atoms with Crippen LogP contribution in [0, 0.1) is 3.95 Å². The van der Waals surface area contributed by atoms with Gasteiger partial charge in [0.15, 0.2) is 3.95 Å². The topological polar surface area (TPSA) is 74.4 Å². The molecule has 1 fully saturated rings. The Morgan fingerprint density at radius 1 is 1.62 bits per heavy atom. The lowest BCUT2D eigenvalue weighted by Gasteiger charge is -2.12. The first-order valence-corrected chi connectivity index (χ1v) is 7.61. The van der Waals surface area contributed by atoms with E-state index in [0.29, 0.717) is 17.0 Å². The van der Waals surface area contributed by atoms with Crippen LogP contribution in [0.4, 0.5) is 10.5 Å². The SMILES string of the molecule is CC(=O)NC[C@H]1CN(c2ccc3[nH]c(=S)sc3c2)C(=O)O1. The van der Waals surface area contributed by atoms with Crippen molar-refractivity contribution in [2.45, 2.75) is 13.0 Å². The summed E-state index contributed by atoms with van der Waals surface area (Å²) >= 11 is 6.57. The molecule has 6 nitrogen and oxygen atoms in total. The summed E-state index contributed by atoms with van der Waals surface area (Å²) in [5, 5.41) is 2.65. The van der Waals surface area contributed by atoms with Gasteiger partial charge >= 0.3 is 6.09 Å². The minimum Gasteiger partial charge on any atom is -0.442 e. The number of benzene rings is 1. The Kier molecular flexibility index (Phi) is 3.64. The van der Waals surface area contributed by atoms with Crippen LogP contribution < -0.4 is 10.2 Å². The maximum Gasteiger partial charge on any atom is 0.414 e. The molecule has 1 aliphatic rings. The second kappa shape index (κ2) is 5.45. The first kappa shape index (κ1) is 14.0. The number of aromatic amines is 1. The third-order valence-electron chi connectivity index (χ3n) is 3.17. The van der Waals surface area contributed by atoms with Gasteiger partial charge in [-0.2, -0.15) is 0 Å². The van der Waals surface area contributed by atoms with Crippen molar-refractivity contribution >= 4 is 51.5 Å². The zero-order chi connectivity index (χ0) is 15.0. The first-order chi connectivity index (χ1) is 10.0. The summed E-state index contributed by atoms with van der Waals surface area (Å²) in [4.78, 5) is 27.5. The molecule has 21 heavy (non-hydrogen) atoms. The molecule has 2 aromatic rings. The van der Waals surface area contributed by atoms with Crippen LogP contribution in [-0.4, -0.2) is 36.2 Å². The van der Waals surface area contributed by atoms with E-state index in [4.69, 9.17) is 17.0 Å². The van der Waals surface area contributed by atoms with E-state index in [1.165, 1.54) is 18.3 Å². The average molecular weight is 323 g/mol. The van der Waals surface area contributed by atoms with E-state index in [1.54, 1.807) is 4.90 Å². The monoisotopic (exact) mass is 323 g/mol. The van der Waals surface area contributed by atoms with Gasteiger partial charge in [0.2, 0.25) is 5.91 Å². The third kappa shape index (κ3) is 2.91. The Morgan fingerprint density at radius 3 is 3.19 bits per heavy atom. The molecule has 2 heterocycles. The van der Waals surface area contributed by atoms with Gasteiger partial charge in [-0.3, -0.25) is 9.69 Å². The predicted octanol–water partition coefficient (Wildman–Crippen LogP) is 2.42. The first-order valence-electron chi connectivity index (χ1n) is 6.38. The zero-order valence-corrected chi connectivity index (χ0v) is 12.8. The number of aromatic nitrogens is 1. The van der Waals surface area contributed by atoms with Crippen LogP contribution in [0.15, 0.2) is 18.2 Å². The highest BCUT2D eigenvalue weighted by atomic mass is 32.1. The standard InChI is InChI=1S/C13H13N3O3S2/c1-7(17)14-5-9-6-16(13(18)19-9)8-2-3-10-11(4-8)21-12(20)15-10/h2-4,9H,5-6H2,1H3,(H,14,17)(H,15,20)/t9-/m0/s1. The lowest BCUT2D eigenvalue weighted by molar-refractivity contribution is -0.119. The predicted molar refractivity (Wildman–Crippen MR) is 83.3 cm³/mol. The molecule has 0 aliphatic carbocycles. The van der Waals surface area contributed by atoms with Gasteiger partial charge in [0.25, 0.3) is 0 Å². The van der Waals surface area contributed by atoms with Crippen molar-refractivity contribution in [3.8, 4) is 0 Å². The zero-order valence-electron chi connectivity index (χ0n) is 11.2. The van der Waals surface area contributed by atoms with E-state index in [0.717, 1.165) is 15.9 Å². The largest absolute Gasteiger partial charge is 0.442 e. The summed E-state index contributed by atoms with van der Waals surface area (Å²) in [6.45, 7) is 2.17. The number of carbonyl (C=O) groups is 2. The van der Waals surface area contributed by atoms with Crippen LogP contribution in [0.5, 0.6) is 0 Å². The van der Waals surface area contributed by atoms with Crippen LogP contribution in [0.25, 0.3) is 10.2 Å².